The maximum atomic E-state index is 13.2. The lowest BCUT2D eigenvalue weighted by molar-refractivity contribution is 0.0764. The molecule has 0 N–H and O–H groups in total. The Hall–Kier alpha value is -1.97. The topological polar surface area (TPSA) is 75.5 Å². The molecule has 0 bridgehead atoms. The van der Waals surface area contributed by atoms with Crippen molar-refractivity contribution in [3.05, 3.63) is 46.6 Å². The lowest BCUT2D eigenvalue weighted by atomic mass is 10.2. The van der Waals surface area contributed by atoms with Crippen LogP contribution in [0.3, 0.4) is 0 Å². The predicted octanol–water partition coefficient (Wildman–Crippen LogP) is 2.06. The van der Waals surface area contributed by atoms with Crippen molar-refractivity contribution in [3.63, 3.8) is 0 Å². The van der Waals surface area contributed by atoms with Crippen LogP contribution in [0, 0.1) is 12.7 Å². The zero-order chi connectivity index (χ0) is 19.8. The van der Waals surface area contributed by atoms with E-state index in [-0.39, 0.29) is 34.6 Å². The quantitative estimate of drug-likeness (QED) is 0.770. The van der Waals surface area contributed by atoms with Crippen molar-refractivity contribution in [1.29, 1.82) is 0 Å². The normalized spacial score (nSPS) is 16.4. The van der Waals surface area contributed by atoms with Crippen LogP contribution in [0.2, 0.25) is 5.02 Å². The van der Waals surface area contributed by atoms with Gasteiger partial charge in [-0.15, -0.1) is 0 Å². The summed E-state index contributed by atoms with van der Waals surface area (Å²) in [5.41, 5.74) is 0.203. The fourth-order valence-corrected chi connectivity index (χ4v) is 4.70. The Morgan fingerprint density at radius 1 is 1.22 bits per heavy atom. The number of nitrogens with zero attached hydrogens (tertiary/aromatic N) is 4. The average molecular weight is 415 g/mol. The summed E-state index contributed by atoms with van der Waals surface area (Å²) in [7, 11) is -1.99. The molecule has 0 saturated carbocycles. The SMILES string of the molecule is Cc1nc(S(=O)(=O)N2CCCN(C(=O)c3ccc(F)cc3Cl)CC2)cn1C. The van der Waals surface area contributed by atoms with E-state index >= 15 is 0 Å². The largest absolute Gasteiger partial charge is 0.337 e. The third-order valence-electron chi connectivity index (χ3n) is 4.59. The summed E-state index contributed by atoms with van der Waals surface area (Å²) in [5.74, 6) is -0.255. The van der Waals surface area contributed by atoms with Crippen molar-refractivity contribution in [2.45, 2.75) is 18.4 Å². The van der Waals surface area contributed by atoms with E-state index in [9.17, 15) is 17.6 Å². The second-order valence-electron chi connectivity index (χ2n) is 6.41. The second kappa shape index (κ2) is 7.57. The van der Waals surface area contributed by atoms with Crippen molar-refractivity contribution in [1.82, 2.24) is 18.8 Å². The Morgan fingerprint density at radius 2 is 1.96 bits per heavy atom. The van der Waals surface area contributed by atoms with Gasteiger partial charge in [0.2, 0.25) is 0 Å². The van der Waals surface area contributed by atoms with E-state index in [2.05, 4.69) is 4.98 Å². The van der Waals surface area contributed by atoms with Gasteiger partial charge in [-0.2, -0.15) is 4.31 Å². The van der Waals surface area contributed by atoms with Gasteiger partial charge in [-0.05, 0) is 31.5 Å². The van der Waals surface area contributed by atoms with Crippen molar-refractivity contribution in [2.75, 3.05) is 26.2 Å². The lowest BCUT2D eigenvalue weighted by Crippen LogP contribution is -2.37. The fraction of sp³-hybridized carbons (Fsp3) is 0.412. The molecule has 1 aliphatic heterocycles. The summed E-state index contributed by atoms with van der Waals surface area (Å²) in [6, 6.07) is 3.61. The average Bonchev–Trinajstić information content (AvgIpc) is 2.82. The molecule has 0 spiro atoms. The molecule has 1 aromatic heterocycles. The number of imidazole rings is 1. The first kappa shape index (κ1) is 19.8. The molecule has 0 unspecified atom stereocenters. The number of halogens is 2. The van der Waals surface area contributed by atoms with Crippen LogP contribution >= 0.6 is 11.6 Å². The molecule has 2 aromatic rings. The molecule has 146 valence electrons. The molecule has 3 rings (SSSR count). The number of benzene rings is 1. The molecule has 0 aliphatic carbocycles. The van der Waals surface area contributed by atoms with Crippen LogP contribution < -0.4 is 0 Å². The Labute approximate surface area is 162 Å². The minimum absolute atomic E-state index is 0.00357. The highest BCUT2D eigenvalue weighted by Gasteiger charge is 2.30. The van der Waals surface area contributed by atoms with Crippen LogP contribution in [-0.2, 0) is 17.1 Å². The maximum Gasteiger partial charge on any atom is 0.262 e. The summed E-state index contributed by atoms with van der Waals surface area (Å²) in [6.45, 7) is 2.78. The van der Waals surface area contributed by atoms with Gasteiger partial charge in [-0.3, -0.25) is 4.79 Å². The number of aromatic nitrogens is 2. The third-order valence-corrected chi connectivity index (χ3v) is 6.68. The van der Waals surface area contributed by atoms with E-state index < -0.39 is 15.8 Å². The van der Waals surface area contributed by atoms with Crippen LogP contribution in [-0.4, -0.2) is 59.3 Å². The molecule has 2 heterocycles. The minimum Gasteiger partial charge on any atom is -0.337 e. The van der Waals surface area contributed by atoms with Crippen LogP contribution in [0.4, 0.5) is 4.39 Å². The van der Waals surface area contributed by atoms with Crippen LogP contribution in [0.5, 0.6) is 0 Å². The number of rotatable bonds is 3. The Morgan fingerprint density at radius 3 is 2.59 bits per heavy atom. The second-order valence-corrected chi connectivity index (χ2v) is 8.70. The molecule has 1 saturated heterocycles. The van der Waals surface area contributed by atoms with Crippen molar-refractivity contribution in [3.8, 4) is 0 Å². The summed E-state index contributed by atoms with van der Waals surface area (Å²) >= 11 is 5.98. The van der Waals surface area contributed by atoms with Crippen molar-refractivity contribution >= 4 is 27.5 Å². The van der Waals surface area contributed by atoms with Crippen molar-refractivity contribution in [2.24, 2.45) is 7.05 Å². The number of carbonyl (C=O) groups excluding carboxylic acids is 1. The molecule has 1 fully saturated rings. The van der Waals surface area contributed by atoms with Gasteiger partial charge >= 0.3 is 0 Å². The Balaban J connectivity index is 1.76. The standard InChI is InChI=1S/C17H20ClFN4O3S/c1-12-20-16(11-21(12)2)27(25,26)23-7-3-6-22(8-9-23)17(24)14-5-4-13(19)10-15(14)18/h4-5,10-11H,3,6-9H2,1-2H3. The highest BCUT2D eigenvalue weighted by molar-refractivity contribution is 7.89. The highest BCUT2D eigenvalue weighted by Crippen LogP contribution is 2.21. The summed E-state index contributed by atoms with van der Waals surface area (Å²) < 4.78 is 41.8. The van der Waals surface area contributed by atoms with E-state index in [4.69, 9.17) is 11.6 Å². The van der Waals surface area contributed by atoms with E-state index in [0.717, 1.165) is 6.07 Å². The number of carbonyl (C=O) groups is 1. The third kappa shape index (κ3) is 3.99. The summed E-state index contributed by atoms with van der Waals surface area (Å²) in [4.78, 5) is 18.3. The predicted molar refractivity (Wildman–Crippen MR) is 98.6 cm³/mol. The number of hydrogen-bond acceptors (Lipinski definition) is 4. The maximum absolute atomic E-state index is 13.2. The van der Waals surface area contributed by atoms with Crippen LogP contribution in [0.1, 0.15) is 22.6 Å². The van der Waals surface area contributed by atoms with Gasteiger partial charge in [0.25, 0.3) is 15.9 Å². The zero-order valence-corrected chi connectivity index (χ0v) is 16.6. The minimum atomic E-state index is -3.73. The molecule has 1 amide bonds. The molecule has 1 aliphatic rings. The van der Waals surface area contributed by atoms with Gasteiger partial charge in [-0.1, -0.05) is 11.6 Å². The Kier molecular flexibility index (Phi) is 5.55. The highest BCUT2D eigenvalue weighted by atomic mass is 35.5. The van der Waals surface area contributed by atoms with E-state index in [1.165, 1.54) is 27.5 Å². The molecule has 10 heteroatoms. The van der Waals surface area contributed by atoms with Gasteiger partial charge in [0.05, 0.1) is 10.6 Å². The summed E-state index contributed by atoms with van der Waals surface area (Å²) in [6.07, 6.45) is 1.96. The lowest BCUT2D eigenvalue weighted by Gasteiger charge is -2.22. The molecular weight excluding hydrogens is 395 g/mol. The summed E-state index contributed by atoms with van der Waals surface area (Å²) in [5, 5.41) is 0.0431. The van der Waals surface area contributed by atoms with Gasteiger partial charge in [0, 0.05) is 39.4 Å². The Bertz CT molecular complexity index is 957. The van der Waals surface area contributed by atoms with Gasteiger partial charge in [0.15, 0.2) is 5.03 Å². The number of aryl methyl sites for hydroxylation is 2. The monoisotopic (exact) mass is 414 g/mol. The molecule has 27 heavy (non-hydrogen) atoms. The van der Waals surface area contributed by atoms with Gasteiger partial charge < -0.3 is 9.47 Å². The van der Waals surface area contributed by atoms with Gasteiger partial charge in [0.1, 0.15) is 11.6 Å². The first-order valence-electron chi connectivity index (χ1n) is 8.44. The van der Waals surface area contributed by atoms with Crippen molar-refractivity contribution < 1.29 is 17.6 Å². The fourth-order valence-electron chi connectivity index (χ4n) is 2.95. The molecule has 7 nitrogen and oxygen atoms in total. The zero-order valence-electron chi connectivity index (χ0n) is 15.0. The van der Waals surface area contributed by atoms with Gasteiger partial charge in [-0.25, -0.2) is 17.8 Å². The van der Waals surface area contributed by atoms with Crippen LogP contribution in [0.25, 0.3) is 0 Å². The molecular formula is C17H20ClFN4O3S. The number of sulfonamides is 1. The smallest absolute Gasteiger partial charge is 0.262 e. The first-order valence-corrected chi connectivity index (χ1v) is 10.3. The molecule has 1 aromatic carbocycles. The number of amides is 1. The number of hydrogen-bond donors (Lipinski definition) is 0. The first-order chi connectivity index (χ1) is 12.7. The molecule has 0 radical (unpaired) electrons. The van der Waals surface area contributed by atoms with Crippen LogP contribution in [0.15, 0.2) is 29.4 Å². The molecule has 0 atom stereocenters. The van der Waals surface area contributed by atoms with E-state index in [1.807, 2.05) is 0 Å². The van der Waals surface area contributed by atoms with E-state index in [0.29, 0.717) is 25.3 Å². The van der Waals surface area contributed by atoms with E-state index in [1.54, 1.807) is 18.5 Å².